The zero-order valence-electron chi connectivity index (χ0n) is 2.56. The van der Waals surface area contributed by atoms with Crippen LogP contribution in [0.1, 0.15) is 0 Å². The van der Waals surface area contributed by atoms with Gasteiger partial charge in [-0.25, -0.2) is 6.29 Å². The largest absolute Gasteiger partial charge is 2.00 e. The number of carbonyl (C=O) groups excluding carboxylic acids is 1. The summed E-state index contributed by atoms with van der Waals surface area (Å²) in [5, 5.41) is 0. The van der Waals surface area contributed by atoms with Crippen molar-refractivity contribution in [3.8, 4) is 0 Å². The van der Waals surface area contributed by atoms with Crippen molar-refractivity contribution in [2.45, 2.75) is 3.74 Å². The van der Waals surface area contributed by atoms with Crippen molar-refractivity contribution in [3.63, 3.8) is 0 Å². The zero-order chi connectivity index (χ0) is 4.28. The molecule has 0 N–H and O–H groups in total. The Morgan fingerprint density at radius 3 is 1.67 bits per heavy atom. The summed E-state index contributed by atoms with van der Waals surface area (Å²) in [6, 6.07) is 0. The van der Waals surface area contributed by atoms with Gasteiger partial charge < -0.3 is 4.79 Å². The summed E-state index contributed by atoms with van der Waals surface area (Å²) in [6.45, 7) is 0. The Kier molecular flexibility index (Phi) is 10.9. The molecule has 0 spiro atoms. The van der Waals surface area contributed by atoms with E-state index >= 15 is 0 Å². The molecule has 0 rings (SSSR count). The second-order valence-corrected chi connectivity index (χ2v) is 3.48. The van der Waals surface area contributed by atoms with Crippen LogP contribution in [0, 0.1) is 0 Å². The average Bonchev–Trinajstić information content (AvgIpc) is 1.38. The Labute approximate surface area is 67.4 Å². The molecule has 0 aromatic rings. The van der Waals surface area contributed by atoms with Crippen LogP contribution in [0.4, 0.5) is 0 Å². The van der Waals surface area contributed by atoms with E-state index in [0.717, 1.165) is 0 Å². The molecule has 0 heterocycles. The Balaban J connectivity index is 0. The van der Waals surface area contributed by atoms with Crippen molar-refractivity contribution in [1.29, 1.82) is 0 Å². The van der Waals surface area contributed by atoms with E-state index in [9.17, 15) is 4.79 Å². The fourth-order valence-corrected chi connectivity index (χ4v) is 0. The van der Waals surface area contributed by atoms with Gasteiger partial charge in [-0.1, -0.05) is 0 Å². The van der Waals surface area contributed by atoms with E-state index < -0.39 is 0 Å². The van der Waals surface area contributed by atoms with E-state index in [-0.39, 0.29) is 24.8 Å². The SMILES string of the molecule is O=[C-]C(Br)Br.[Pt+2]. The minimum absolute atomic E-state index is 0. The van der Waals surface area contributed by atoms with E-state index in [0.29, 0.717) is 0 Å². The summed E-state index contributed by atoms with van der Waals surface area (Å²) in [6.07, 6.45) is 1.61. The van der Waals surface area contributed by atoms with E-state index in [1.807, 2.05) is 0 Å². The Bertz CT molecular complexity index is 38.5. The van der Waals surface area contributed by atoms with Gasteiger partial charge in [-0.2, -0.15) is 0 Å². The molecule has 4 heteroatoms. The fraction of sp³-hybridized carbons (Fsp3) is 0.500. The van der Waals surface area contributed by atoms with E-state index in [1.165, 1.54) is 0 Å². The predicted molar refractivity (Wildman–Crippen MR) is 27.3 cm³/mol. The van der Waals surface area contributed by atoms with Crippen LogP contribution in [0.15, 0.2) is 0 Å². The fourth-order valence-electron chi connectivity index (χ4n) is 0. The first-order valence-corrected chi connectivity index (χ1v) is 2.76. The van der Waals surface area contributed by atoms with Crippen LogP contribution in [-0.4, -0.2) is 10.0 Å². The Morgan fingerprint density at radius 1 is 1.50 bits per heavy atom. The zero-order valence-corrected chi connectivity index (χ0v) is 8.00. The molecule has 0 fully saturated rings. The molecule has 1 nitrogen and oxygen atoms in total. The monoisotopic (exact) mass is 394 g/mol. The van der Waals surface area contributed by atoms with Crippen LogP contribution in [0.5, 0.6) is 0 Å². The molecular weight excluding hydrogens is 395 g/mol. The molecule has 0 amide bonds. The average molecular weight is 396 g/mol. The van der Waals surface area contributed by atoms with Crippen molar-refractivity contribution >= 4 is 38.1 Å². The minimum atomic E-state index is -0.296. The third kappa shape index (κ3) is 9.01. The molecule has 0 aliphatic rings. The molecule has 0 radical (unpaired) electrons. The van der Waals surface area contributed by atoms with Crippen molar-refractivity contribution in [2.24, 2.45) is 0 Å². The van der Waals surface area contributed by atoms with Crippen LogP contribution >= 0.6 is 31.9 Å². The van der Waals surface area contributed by atoms with Crippen LogP contribution < -0.4 is 0 Å². The molecule has 0 aliphatic carbocycles. The number of halogens is 2. The van der Waals surface area contributed by atoms with Crippen molar-refractivity contribution in [2.75, 3.05) is 0 Å². The molecule has 0 aromatic heterocycles. The van der Waals surface area contributed by atoms with Crippen molar-refractivity contribution < 1.29 is 25.9 Å². The number of hydrogen-bond acceptors (Lipinski definition) is 1. The summed E-state index contributed by atoms with van der Waals surface area (Å²) < 4.78 is -0.296. The maximum Gasteiger partial charge on any atom is 2.00 e. The topological polar surface area (TPSA) is 17.1 Å². The van der Waals surface area contributed by atoms with Crippen LogP contribution in [-0.2, 0) is 25.9 Å². The molecule has 6 heavy (non-hydrogen) atoms. The van der Waals surface area contributed by atoms with Crippen LogP contribution in [0.3, 0.4) is 0 Å². The molecule has 0 saturated heterocycles. The number of rotatable bonds is 1. The first-order valence-electron chi connectivity index (χ1n) is 0.929. The first kappa shape index (κ1) is 10.3. The second kappa shape index (κ2) is 6.32. The summed E-state index contributed by atoms with van der Waals surface area (Å²) in [5.74, 6) is 0. The van der Waals surface area contributed by atoms with Gasteiger partial charge in [-0.05, 0) is 3.74 Å². The quantitative estimate of drug-likeness (QED) is 0.482. The first-order chi connectivity index (χ1) is 2.27. The van der Waals surface area contributed by atoms with Gasteiger partial charge in [0.1, 0.15) is 0 Å². The number of hydrogen-bond donors (Lipinski definition) is 0. The molecule has 38 valence electrons. The van der Waals surface area contributed by atoms with Gasteiger partial charge in [-0.15, -0.1) is 31.9 Å². The smallest absolute Gasteiger partial charge is 0.540 e. The molecule has 0 aliphatic heterocycles. The maximum atomic E-state index is 9.29. The molecule has 0 atom stereocenters. The van der Waals surface area contributed by atoms with Crippen molar-refractivity contribution in [3.05, 3.63) is 0 Å². The maximum absolute atomic E-state index is 9.29. The third-order valence-electron chi connectivity index (χ3n) is 0.0891. The Hall–Kier alpha value is 1.32. The molecular formula is C2HBr2OPt+. The van der Waals surface area contributed by atoms with Gasteiger partial charge in [0, 0.05) is 0 Å². The van der Waals surface area contributed by atoms with Gasteiger partial charge in [-0.3, -0.25) is 0 Å². The van der Waals surface area contributed by atoms with Gasteiger partial charge in [0.25, 0.3) is 0 Å². The van der Waals surface area contributed by atoms with E-state index in [1.54, 1.807) is 6.29 Å². The number of alkyl halides is 2. The minimum Gasteiger partial charge on any atom is -0.540 e. The molecule has 0 aromatic carbocycles. The predicted octanol–water partition coefficient (Wildman–Crippen LogP) is 1.21. The summed E-state index contributed by atoms with van der Waals surface area (Å²) in [7, 11) is 0. The van der Waals surface area contributed by atoms with E-state index in [4.69, 9.17) is 0 Å². The molecule has 0 unspecified atom stereocenters. The Morgan fingerprint density at radius 2 is 1.67 bits per heavy atom. The normalized spacial score (nSPS) is 7.17. The third-order valence-corrected chi connectivity index (χ3v) is 0.463. The molecule has 0 saturated carbocycles. The standard InChI is InChI=1S/C2HBr2O.Pt/c3-2(4)1-5;/h2H;/q-1;+2. The summed E-state index contributed by atoms with van der Waals surface area (Å²) in [4.78, 5) is 9.29. The van der Waals surface area contributed by atoms with Crippen LogP contribution in [0.2, 0.25) is 0 Å². The van der Waals surface area contributed by atoms with Crippen LogP contribution in [0.25, 0.3) is 0 Å². The van der Waals surface area contributed by atoms with Gasteiger partial charge >= 0.3 is 21.1 Å². The molecule has 0 bridgehead atoms. The summed E-state index contributed by atoms with van der Waals surface area (Å²) in [5.41, 5.74) is 0. The van der Waals surface area contributed by atoms with E-state index in [2.05, 4.69) is 31.9 Å². The van der Waals surface area contributed by atoms with Gasteiger partial charge in [0.15, 0.2) is 0 Å². The van der Waals surface area contributed by atoms with Gasteiger partial charge in [0.2, 0.25) is 0 Å². The van der Waals surface area contributed by atoms with Crippen molar-refractivity contribution in [1.82, 2.24) is 0 Å². The van der Waals surface area contributed by atoms with Gasteiger partial charge in [0.05, 0.1) is 0 Å². The second-order valence-electron chi connectivity index (χ2n) is 0.419. The summed E-state index contributed by atoms with van der Waals surface area (Å²) >= 11 is 5.73.